The van der Waals surface area contributed by atoms with E-state index in [9.17, 15) is 4.79 Å². The molecular weight excluding hydrogens is 390 g/mol. The lowest BCUT2D eigenvalue weighted by Crippen LogP contribution is -2.47. The van der Waals surface area contributed by atoms with E-state index in [1.165, 1.54) is 19.3 Å². The van der Waals surface area contributed by atoms with Crippen molar-refractivity contribution in [1.29, 1.82) is 0 Å². The van der Waals surface area contributed by atoms with Crippen molar-refractivity contribution in [2.45, 2.75) is 44.2 Å². The Hall–Kier alpha value is -2.44. The molecule has 1 aromatic heterocycles. The van der Waals surface area contributed by atoms with Crippen LogP contribution in [-0.2, 0) is 9.53 Å². The van der Waals surface area contributed by atoms with Crippen molar-refractivity contribution in [3.8, 4) is 17.0 Å². The molecule has 1 aliphatic heterocycles. The van der Waals surface area contributed by atoms with Crippen molar-refractivity contribution in [2.75, 3.05) is 40.4 Å². The van der Waals surface area contributed by atoms with Gasteiger partial charge < -0.3 is 14.4 Å². The number of pyridine rings is 1. The number of amides is 1. The van der Waals surface area contributed by atoms with E-state index in [4.69, 9.17) is 14.5 Å². The van der Waals surface area contributed by atoms with E-state index < -0.39 is 0 Å². The molecule has 4 rings (SSSR count). The summed E-state index contributed by atoms with van der Waals surface area (Å²) in [6, 6.07) is 14.4. The number of ether oxygens (including phenoxy) is 2. The summed E-state index contributed by atoms with van der Waals surface area (Å²) in [5, 5.41) is 0. The Balaban J connectivity index is 1.39. The molecule has 2 aromatic rings. The number of aromatic nitrogens is 1. The first-order chi connectivity index (χ1) is 15.1. The van der Waals surface area contributed by atoms with Gasteiger partial charge in [-0.05, 0) is 49.2 Å². The molecule has 0 radical (unpaired) electrons. The summed E-state index contributed by atoms with van der Waals surface area (Å²) in [5.41, 5.74) is 2.86. The van der Waals surface area contributed by atoms with Crippen LogP contribution in [0.1, 0.15) is 43.9 Å². The molecule has 6 nitrogen and oxygen atoms in total. The van der Waals surface area contributed by atoms with E-state index in [1.807, 2.05) is 54.4 Å². The van der Waals surface area contributed by atoms with Crippen LogP contribution in [0.15, 0.2) is 42.5 Å². The SMILES string of the molecule is COc1ccc(-c2cccc([C@H]3CN(CC(=O)N(C)C4CCCCC4)CCO3)n2)cc1. The molecule has 1 saturated heterocycles. The highest BCUT2D eigenvalue weighted by Gasteiger charge is 2.28. The Kier molecular flexibility index (Phi) is 7.20. The zero-order chi connectivity index (χ0) is 21.6. The number of rotatable bonds is 6. The molecule has 31 heavy (non-hydrogen) atoms. The van der Waals surface area contributed by atoms with Crippen molar-refractivity contribution >= 4 is 5.91 Å². The molecule has 6 heteroatoms. The van der Waals surface area contributed by atoms with Crippen LogP contribution in [0.25, 0.3) is 11.3 Å². The first-order valence-corrected chi connectivity index (χ1v) is 11.3. The second-order valence-corrected chi connectivity index (χ2v) is 8.57. The fraction of sp³-hybridized carbons (Fsp3) is 0.520. The minimum Gasteiger partial charge on any atom is -0.497 e. The van der Waals surface area contributed by atoms with Gasteiger partial charge in [0.1, 0.15) is 11.9 Å². The second kappa shape index (κ2) is 10.2. The summed E-state index contributed by atoms with van der Waals surface area (Å²) < 4.78 is 11.3. The van der Waals surface area contributed by atoms with Crippen LogP contribution in [-0.4, -0.2) is 67.1 Å². The van der Waals surface area contributed by atoms with Gasteiger partial charge in [0.05, 0.1) is 31.6 Å². The summed E-state index contributed by atoms with van der Waals surface area (Å²) in [5.74, 6) is 1.04. The molecule has 166 valence electrons. The summed E-state index contributed by atoms with van der Waals surface area (Å²) in [7, 11) is 3.63. The highest BCUT2D eigenvalue weighted by atomic mass is 16.5. The summed E-state index contributed by atoms with van der Waals surface area (Å²) in [6.07, 6.45) is 5.91. The minimum absolute atomic E-state index is 0.125. The van der Waals surface area contributed by atoms with Crippen LogP contribution in [0.2, 0.25) is 0 Å². The van der Waals surface area contributed by atoms with Gasteiger partial charge in [-0.1, -0.05) is 25.3 Å². The quantitative estimate of drug-likeness (QED) is 0.705. The molecule has 2 aliphatic rings. The fourth-order valence-electron chi connectivity index (χ4n) is 4.55. The Labute approximate surface area is 185 Å². The third-order valence-corrected chi connectivity index (χ3v) is 6.51. The lowest BCUT2D eigenvalue weighted by molar-refractivity contribution is -0.135. The Morgan fingerprint density at radius 3 is 2.68 bits per heavy atom. The topological polar surface area (TPSA) is 54.9 Å². The number of benzene rings is 1. The second-order valence-electron chi connectivity index (χ2n) is 8.57. The fourth-order valence-corrected chi connectivity index (χ4v) is 4.55. The van der Waals surface area contributed by atoms with Crippen molar-refractivity contribution < 1.29 is 14.3 Å². The van der Waals surface area contributed by atoms with Crippen molar-refractivity contribution in [3.63, 3.8) is 0 Å². The van der Waals surface area contributed by atoms with Gasteiger partial charge in [-0.2, -0.15) is 0 Å². The Morgan fingerprint density at radius 1 is 1.16 bits per heavy atom. The van der Waals surface area contributed by atoms with Crippen LogP contribution >= 0.6 is 0 Å². The zero-order valence-electron chi connectivity index (χ0n) is 18.6. The lowest BCUT2D eigenvalue weighted by atomic mass is 9.94. The van der Waals surface area contributed by atoms with E-state index >= 15 is 0 Å². The molecule has 2 heterocycles. The van der Waals surface area contributed by atoms with Crippen molar-refractivity contribution in [1.82, 2.24) is 14.8 Å². The number of likely N-dealkylation sites (N-methyl/N-ethyl adjacent to an activating group) is 1. The summed E-state index contributed by atoms with van der Waals surface area (Å²) in [6.45, 7) is 2.52. The van der Waals surface area contributed by atoms with E-state index in [-0.39, 0.29) is 12.0 Å². The van der Waals surface area contributed by atoms with Gasteiger partial charge in [0.15, 0.2) is 0 Å². The highest BCUT2D eigenvalue weighted by molar-refractivity contribution is 5.78. The number of carbonyl (C=O) groups is 1. The van der Waals surface area contributed by atoms with Crippen LogP contribution in [0.5, 0.6) is 5.75 Å². The monoisotopic (exact) mass is 423 g/mol. The molecular formula is C25H33N3O3. The maximum atomic E-state index is 12.9. The van der Waals surface area contributed by atoms with Gasteiger partial charge in [0.2, 0.25) is 5.91 Å². The first kappa shape index (κ1) is 21.8. The molecule has 0 unspecified atom stereocenters. The van der Waals surface area contributed by atoms with Crippen LogP contribution < -0.4 is 4.74 Å². The van der Waals surface area contributed by atoms with Crippen molar-refractivity contribution in [2.24, 2.45) is 0 Å². The van der Waals surface area contributed by atoms with Gasteiger partial charge in [0, 0.05) is 31.7 Å². The largest absolute Gasteiger partial charge is 0.497 e. The number of carbonyl (C=O) groups excluding carboxylic acids is 1. The Morgan fingerprint density at radius 2 is 1.94 bits per heavy atom. The standard InChI is InChI=1S/C25H33N3O3/c1-27(20-7-4-3-5-8-20)25(29)18-28-15-16-31-24(17-28)23-10-6-9-22(26-23)19-11-13-21(30-2)14-12-19/h6,9-14,20,24H,3-5,7-8,15-18H2,1-2H3/t24-/m1/s1. The lowest BCUT2D eigenvalue weighted by Gasteiger charge is -2.36. The predicted octanol–water partition coefficient (Wildman–Crippen LogP) is 3.92. The maximum absolute atomic E-state index is 12.9. The molecule has 1 saturated carbocycles. The van der Waals surface area contributed by atoms with Crippen LogP contribution in [0.3, 0.4) is 0 Å². The van der Waals surface area contributed by atoms with Gasteiger partial charge in [-0.15, -0.1) is 0 Å². The molecule has 1 atom stereocenters. The zero-order valence-corrected chi connectivity index (χ0v) is 18.6. The number of nitrogens with zero attached hydrogens (tertiary/aromatic N) is 3. The predicted molar refractivity (Wildman–Crippen MR) is 121 cm³/mol. The van der Waals surface area contributed by atoms with E-state index in [2.05, 4.69) is 4.90 Å². The highest BCUT2D eigenvalue weighted by Crippen LogP contribution is 2.26. The molecule has 2 fully saturated rings. The molecule has 1 amide bonds. The molecule has 0 spiro atoms. The van der Waals surface area contributed by atoms with Gasteiger partial charge in [0.25, 0.3) is 0 Å². The number of methoxy groups -OCH3 is 1. The maximum Gasteiger partial charge on any atom is 0.236 e. The van der Waals surface area contributed by atoms with Gasteiger partial charge in [-0.25, -0.2) is 0 Å². The van der Waals surface area contributed by atoms with Crippen molar-refractivity contribution in [3.05, 3.63) is 48.2 Å². The number of hydrogen-bond acceptors (Lipinski definition) is 5. The molecule has 1 aromatic carbocycles. The number of morpholine rings is 1. The average molecular weight is 424 g/mol. The normalized spacial score (nSPS) is 20.4. The van der Waals surface area contributed by atoms with E-state index in [0.29, 0.717) is 25.7 Å². The molecule has 0 bridgehead atoms. The average Bonchev–Trinajstić information content (AvgIpc) is 2.84. The summed E-state index contributed by atoms with van der Waals surface area (Å²) >= 11 is 0. The van der Waals surface area contributed by atoms with Crippen LogP contribution in [0, 0.1) is 0 Å². The third kappa shape index (κ3) is 5.43. The third-order valence-electron chi connectivity index (χ3n) is 6.51. The first-order valence-electron chi connectivity index (χ1n) is 11.3. The number of hydrogen-bond donors (Lipinski definition) is 0. The van der Waals surface area contributed by atoms with Gasteiger partial charge >= 0.3 is 0 Å². The molecule has 1 aliphatic carbocycles. The molecule has 0 N–H and O–H groups in total. The van der Waals surface area contributed by atoms with E-state index in [0.717, 1.165) is 42.1 Å². The smallest absolute Gasteiger partial charge is 0.236 e. The van der Waals surface area contributed by atoms with Crippen LogP contribution in [0.4, 0.5) is 0 Å². The van der Waals surface area contributed by atoms with Gasteiger partial charge in [-0.3, -0.25) is 14.7 Å². The Bertz CT molecular complexity index is 865. The minimum atomic E-state index is -0.125. The summed E-state index contributed by atoms with van der Waals surface area (Å²) in [4.78, 5) is 21.9. The van der Waals surface area contributed by atoms with E-state index in [1.54, 1.807) is 7.11 Å².